The Morgan fingerprint density at radius 3 is 2.47 bits per heavy atom. The van der Waals surface area contributed by atoms with Gasteiger partial charge in [0.1, 0.15) is 29.6 Å². The van der Waals surface area contributed by atoms with Crippen molar-refractivity contribution in [2.45, 2.75) is 35.6 Å². The van der Waals surface area contributed by atoms with Crippen molar-refractivity contribution in [1.29, 1.82) is 0 Å². The molecule has 13 heteroatoms. The number of sulfone groups is 1. The normalized spacial score (nSPS) is 22.8. The molecule has 2 heterocycles. The lowest BCUT2D eigenvalue weighted by molar-refractivity contribution is -0.121. The summed E-state index contributed by atoms with van der Waals surface area (Å²) in [5.41, 5.74) is 1.93. The highest BCUT2D eigenvalue weighted by molar-refractivity contribution is 7.90. The summed E-state index contributed by atoms with van der Waals surface area (Å²) in [4.78, 5) is 29.1. The van der Waals surface area contributed by atoms with Gasteiger partial charge in [0.05, 0.1) is 17.6 Å². The molecule has 1 fully saturated rings. The van der Waals surface area contributed by atoms with Gasteiger partial charge in [-0.15, -0.1) is 0 Å². The molecule has 1 aliphatic carbocycles. The van der Waals surface area contributed by atoms with E-state index in [4.69, 9.17) is 0 Å². The second-order valence-electron chi connectivity index (χ2n) is 11.3. The highest BCUT2D eigenvalue weighted by Crippen LogP contribution is 2.60. The van der Waals surface area contributed by atoms with Crippen LogP contribution in [-0.2, 0) is 21.2 Å². The molecular weight excluding hydrogens is 504 g/mol. The Balaban J connectivity index is 1.48. The number of aromatic nitrogens is 2. The molecule has 5 rings (SSSR count). The van der Waals surface area contributed by atoms with E-state index in [-0.39, 0.29) is 34.3 Å². The van der Waals surface area contributed by atoms with Crippen LogP contribution < -0.4 is 10.2 Å². The smallest absolute Gasteiger partial charge is 0.275 e. The van der Waals surface area contributed by atoms with Crippen molar-refractivity contribution in [3.63, 3.8) is 0 Å². The average molecular weight is 532 g/mol. The van der Waals surface area contributed by atoms with Crippen LogP contribution in [0.1, 0.15) is 34.5 Å². The predicted octanol–water partition coefficient (Wildman–Crippen LogP) is -0.521. The fraction of sp³-hybridized carbons (Fsp3) is 0.320. The first-order valence-corrected chi connectivity index (χ1v) is 14.4. The number of fused-ring (bicyclic) bond motifs is 3. The summed E-state index contributed by atoms with van der Waals surface area (Å²) in [5, 5.41) is 6.28. The first-order valence-electron chi connectivity index (χ1n) is 12.5. The maximum Gasteiger partial charge on any atom is 0.275 e. The van der Waals surface area contributed by atoms with Gasteiger partial charge in [-0.2, -0.15) is 5.10 Å². The second-order valence-corrected chi connectivity index (χ2v) is 13.3. The Kier molecular flexibility index (Phi) is 6.33. The number of hydrogen-bond acceptors (Lipinski definition) is 5. The van der Waals surface area contributed by atoms with Crippen LogP contribution in [0.4, 0.5) is 10.1 Å². The molecule has 2 aromatic carbocycles. The van der Waals surface area contributed by atoms with Crippen LogP contribution in [0.5, 0.6) is 0 Å². The number of halogens is 1. The highest BCUT2D eigenvalue weighted by Gasteiger charge is 2.59. The van der Waals surface area contributed by atoms with Gasteiger partial charge < -0.3 is 10.2 Å². The second kappa shape index (κ2) is 9.15. The molecule has 1 N–H and O–H groups in total. The minimum Gasteiger partial charge on any atom is -0.338 e. The highest BCUT2D eigenvalue weighted by atomic mass is 32.2. The molecule has 2 aliphatic rings. The molecule has 0 bridgehead atoms. The Bertz CT molecular complexity index is 1540. The van der Waals surface area contributed by atoms with Crippen molar-refractivity contribution in [1.82, 2.24) is 15.1 Å². The van der Waals surface area contributed by atoms with E-state index in [2.05, 4.69) is 10.4 Å². The molecule has 1 saturated carbocycles. The van der Waals surface area contributed by atoms with Crippen LogP contribution >= 0.6 is 0 Å². The molecule has 4 atom stereocenters. The van der Waals surface area contributed by atoms with Crippen LogP contribution in [0, 0.1) is 17.7 Å². The topological polar surface area (TPSA) is 101 Å². The molecule has 194 valence electrons. The zero-order valence-electron chi connectivity index (χ0n) is 22.0. The molecular formula is C25H28B3FN4O4S. The molecule has 0 spiro atoms. The number of nitrogens with one attached hydrogen (secondary N) is 1. The maximum atomic E-state index is 14.8. The number of carbonyl (C=O) groups excluding carboxylic acids is 2. The monoisotopic (exact) mass is 532 g/mol. The lowest BCUT2D eigenvalue weighted by Gasteiger charge is -2.39. The minimum atomic E-state index is -3.46. The quantitative estimate of drug-likeness (QED) is 0.431. The summed E-state index contributed by atoms with van der Waals surface area (Å²) in [6.45, 7) is 2.27. The zero-order chi connectivity index (χ0) is 27.6. The summed E-state index contributed by atoms with van der Waals surface area (Å²) in [7, 11) is 2.18. The van der Waals surface area contributed by atoms with Crippen molar-refractivity contribution in [2.24, 2.45) is 11.8 Å². The van der Waals surface area contributed by atoms with Crippen LogP contribution in [0.15, 0.2) is 59.6 Å². The third-order valence-electron chi connectivity index (χ3n) is 7.42. The van der Waals surface area contributed by atoms with Gasteiger partial charge in [-0.05, 0) is 52.3 Å². The van der Waals surface area contributed by atoms with Gasteiger partial charge in [-0.1, -0.05) is 37.3 Å². The summed E-state index contributed by atoms with van der Waals surface area (Å²) >= 11 is 0. The van der Waals surface area contributed by atoms with E-state index < -0.39 is 32.8 Å². The Labute approximate surface area is 224 Å². The summed E-state index contributed by atoms with van der Waals surface area (Å²) in [6.07, 6.45) is 2.32. The molecule has 38 heavy (non-hydrogen) atoms. The van der Waals surface area contributed by atoms with Crippen LogP contribution in [0.25, 0.3) is 0 Å². The van der Waals surface area contributed by atoms with Gasteiger partial charge in [0, 0.05) is 11.9 Å². The standard InChI is InChI=1S/C25H28B3FN4O4S/c1-13-19-16-10-15(38(2,36)37)8-9-18(16)33(25(26,27)28)24(35)22(20(13)19)30-23(34)21-17(29)12-32(31-21)11-14-6-4-3-5-7-14/h3-10,12-13,19-20,22H,11,26-28H2,1-2H3,(H,30,34)/t13-,19?,20?,22-/m0/s1. The Morgan fingerprint density at radius 1 is 1.16 bits per heavy atom. The summed E-state index contributed by atoms with van der Waals surface area (Å²) < 4.78 is 40.7. The third-order valence-corrected chi connectivity index (χ3v) is 8.53. The molecule has 1 aromatic heterocycles. The molecule has 3 aromatic rings. The van der Waals surface area contributed by atoms with Crippen molar-refractivity contribution in [3.05, 3.63) is 77.4 Å². The molecule has 2 unspecified atom stereocenters. The van der Waals surface area contributed by atoms with E-state index >= 15 is 0 Å². The molecule has 0 radical (unpaired) electrons. The Morgan fingerprint density at radius 2 is 1.84 bits per heavy atom. The molecule has 8 nitrogen and oxygen atoms in total. The number of carbonyl (C=O) groups is 2. The van der Waals surface area contributed by atoms with E-state index in [0.29, 0.717) is 12.2 Å². The fourth-order valence-corrected chi connectivity index (χ4v) is 6.27. The SMILES string of the molecule is BC(B)(B)N1C(=O)[C@@H](NC(=O)c2nn(Cc3ccccc3)cc2F)C2C(c3cc(S(C)(=O)=O)ccc31)[C@@H]2C. The number of amides is 2. The average Bonchev–Trinajstić information content (AvgIpc) is 3.37. The number of hydrogen-bond donors (Lipinski definition) is 1. The predicted molar refractivity (Wildman–Crippen MR) is 150 cm³/mol. The molecule has 1 aliphatic heterocycles. The maximum absolute atomic E-state index is 14.8. The van der Waals surface area contributed by atoms with Crippen molar-refractivity contribution in [2.75, 3.05) is 11.2 Å². The van der Waals surface area contributed by atoms with E-state index in [1.807, 2.05) is 60.8 Å². The summed E-state index contributed by atoms with van der Waals surface area (Å²) in [6, 6.07) is 13.3. The van der Waals surface area contributed by atoms with Crippen LogP contribution in [0.3, 0.4) is 0 Å². The van der Waals surface area contributed by atoms with Gasteiger partial charge in [0.15, 0.2) is 21.3 Å². The summed E-state index contributed by atoms with van der Waals surface area (Å²) in [5.74, 6) is -2.23. The molecule has 2 amide bonds. The zero-order valence-corrected chi connectivity index (χ0v) is 22.8. The van der Waals surface area contributed by atoms with Gasteiger partial charge in [-0.25, -0.2) is 12.8 Å². The van der Waals surface area contributed by atoms with E-state index in [9.17, 15) is 22.4 Å². The van der Waals surface area contributed by atoms with Gasteiger partial charge in [-0.3, -0.25) is 14.3 Å². The van der Waals surface area contributed by atoms with Crippen molar-refractivity contribution in [3.8, 4) is 0 Å². The van der Waals surface area contributed by atoms with Gasteiger partial charge in [0.25, 0.3) is 5.91 Å². The van der Waals surface area contributed by atoms with E-state index in [1.54, 1.807) is 17.0 Å². The lowest BCUT2D eigenvalue weighted by atomic mass is 9.48. The lowest BCUT2D eigenvalue weighted by Crippen LogP contribution is -2.60. The third kappa shape index (κ3) is 4.68. The van der Waals surface area contributed by atoms with Crippen molar-refractivity contribution >= 4 is 50.9 Å². The van der Waals surface area contributed by atoms with Gasteiger partial charge >= 0.3 is 0 Å². The minimum absolute atomic E-state index is 0.0143. The van der Waals surface area contributed by atoms with E-state index in [1.165, 1.54) is 16.9 Å². The van der Waals surface area contributed by atoms with Crippen molar-refractivity contribution < 1.29 is 22.4 Å². The van der Waals surface area contributed by atoms with Gasteiger partial charge in [0.2, 0.25) is 5.91 Å². The first-order chi connectivity index (χ1) is 17.8. The fourth-order valence-electron chi connectivity index (χ4n) is 5.61. The van der Waals surface area contributed by atoms with E-state index in [0.717, 1.165) is 17.4 Å². The first kappa shape index (κ1) is 26.3. The molecule has 0 saturated heterocycles. The number of benzene rings is 2. The Hall–Kier alpha value is -3.34. The van der Waals surface area contributed by atoms with Crippen LogP contribution in [-0.4, -0.2) is 71.1 Å². The van der Waals surface area contributed by atoms with Crippen LogP contribution in [0.2, 0.25) is 0 Å². The number of nitrogens with zero attached hydrogens (tertiary/aromatic N) is 3. The number of rotatable bonds is 6. The largest absolute Gasteiger partial charge is 0.338 e. The number of anilines is 1.